The van der Waals surface area contributed by atoms with E-state index in [-0.39, 0.29) is 67.2 Å². The van der Waals surface area contributed by atoms with Crippen molar-refractivity contribution in [2.45, 2.75) is 198 Å². The van der Waals surface area contributed by atoms with E-state index in [1.165, 1.54) is 19.1 Å². The average molecular weight is 962 g/mol. The first-order valence-electron chi connectivity index (χ1n) is 24.4. The topological polar surface area (TPSA) is 270 Å². The SMILES string of the molecule is CC[C@H]1OC(=O)[C@H](C)C[C@H](C)C(O[C@H]2CCC[C@@H](C)O2)[C@H](O)CCCN(CCCNC(=O)[C@@]2(O)CCC3C4C[C@H](F)C5=CC(=O)C=C[C@]5(C)[C@@]4(F)[C@@H](O)C[C@@]32C)[C@H](C)[C@@H](O)[C@@H]1O.CNC.O.O. The van der Waals surface area contributed by atoms with Crippen LogP contribution in [0.4, 0.5) is 8.78 Å². The summed E-state index contributed by atoms with van der Waals surface area (Å²) >= 11 is 0. The molecule has 2 aliphatic heterocycles. The highest BCUT2D eigenvalue weighted by atomic mass is 19.1. The zero-order chi connectivity index (χ0) is 48.2. The van der Waals surface area contributed by atoms with Gasteiger partial charge in [-0.3, -0.25) is 19.3 Å². The highest BCUT2D eigenvalue weighted by Crippen LogP contribution is 2.70. The molecule has 67 heavy (non-hydrogen) atoms. The molecule has 6 rings (SSSR count). The van der Waals surface area contributed by atoms with Crippen LogP contribution in [0.1, 0.15) is 126 Å². The van der Waals surface area contributed by atoms with Gasteiger partial charge in [-0.15, -0.1) is 0 Å². The zero-order valence-corrected chi connectivity index (χ0v) is 41.3. The van der Waals surface area contributed by atoms with Crippen molar-refractivity contribution in [3.8, 4) is 0 Å². The number of hydrogen-bond donors (Lipinski definition) is 7. The molecule has 0 aromatic heterocycles. The van der Waals surface area contributed by atoms with Gasteiger partial charge in [0, 0.05) is 35.9 Å². The number of esters is 1. The van der Waals surface area contributed by atoms with E-state index in [9.17, 15) is 39.9 Å². The molecule has 0 spiro atoms. The molecule has 2 saturated heterocycles. The molecule has 388 valence electrons. The molecule has 1 amide bonds. The molecule has 3 saturated carbocycles. The maximum atomic E-state index is 17.6. The zero-order valence-electron chi connectivity index (χ0n) is 41.3. The molecule has 16 nitrogen and oxygen atoms in total. The van der Waals surface area contributed by atoms with Crippen molar-refractivity contribution in [3.63, 3.8) is 0 Å². The normalized spacial score (nSPS) is 44.0. The molecule has 18 heteroatoms. The fourth-order valence-corrected chi connectivity index (χ4v) is 12.4. The van der Waals surface area contributed by atoms with Crippen LogP contribution < -0.4 is 10.6 Å². The van der Waals surface area contributed by atoms with Gasteiger partial charge in [0.25, 0.3) is 5.91 Å². The predicted octanol–water partition coefficient (Wildman–Crippen LogP) is 2.58. The Balaban J connectivity index is 0.00000232. The molecule has 6 aliphatic rings. The summed E-state index contributed by atoms with van der Waals surface area (Å²) in [5.74, 6) is -4.06. The Hall–Kier alpha value is -2.49. The molecule has 3 unspecified atom stereocenters. The number of nitrogens with zero attached hydrogens (tertiary/aromatic N) is 1. The summed E-state index contributed by atoms with van der Waals surface area (Å²) < 4.78 is 51.7. The first-order chi connectivity index (χ1) is 30.5. The van der Waals surface area contributed by atoms with E-state index in [0.29, 0.717) is 45.2 Å². The van der Waals surface area contributed by atoms with Crippen LogP contribution in [0.25, 0.3) is 0 Å². The maximum absolute atomic E-state index is 17.6. The lowest BCUT2D eigenvalue weighted by molar-refractivity contribution is -0.236. The number of alkyl halides is 2. The number of nitrogens with one attached hydrogen (secondary N) is 2. The first-order valence-corrected chi connectivity index (χ1v) is 24.4. The lowest BCUT2D eigenvalue weighted by Gasteiger charge is -2.62. The molecule has 0 aromatic rings. The highest BCUT2D eigenvalue weighted by molar-refractivity contribution is 6.01. The van der Waals surface area contributed by atoms with Gasteiger partial charge in [0.1, 0.15) is 24.0 Å². The van der Waals surface area contributed by atoms with E-state index in [4.69, 9.17) is 14.2 Å². The fourth-order valence-electron chi connectivity index (χ4n) is 12.4. The Bertz CT molecular complexity index is 1710. The summed E-state index contributed by atoms with van der Waals surface area (Å²) in [7, 11) is 3.75. The second-order valence-electron chi connectivity index (χ2n) is 20.7. The summed E-state index contributed by atoms with van der Waals surface area (Å²) in [5.41, 5.74) is -7.12. The van der Waals surface area contributed by atoms with Crippen LogP contribution >= 0.6 is 0 Å². The van der Waals surface area contributed by atoms with Crippen molar-refractivity contribution in [1.82, 2.24) is 15.5 Å². The summed E-state index contributed by atoms with van der Waals surface area (Å²) in [4.78, 5) is 41.5. The number of rotatable bonds is 8. The Morgan fingerprint density at radius 3 is 2.28 bits per heavy atom. The average Bonchev–Trinajstić information content (AvgIpc) is 3.53. The summed E-state index contributed by atoms with van der Waals surface area (Å²) in [6, 6.07) is -0.635. The Kier molecular flexibility index (Phi) is 21.1. The number of allylic oxidation sites excluding steroid dienone is 4. The molecule has 11 N–H and O–H groups in total. The number of cyclic esters (lactones) is 1. The van der Waals surface area contributed by atoms with Gasteiger partial charge in [-0.25, -0.2) is 8.78 Å². The van der Waals surface area contributed by atoms with Crippen molar-refractivity contribution in [2.75, 3.05) is 33.7 Å². The van der Waals surface area contributed by atoms with Gasteiger partial charge in [-0.1, -0.05) is 33.8 Å². The molecule has 4 aliphatic carbocycles. The molecule has 5 fully saturated rings. The van der Waals surface area contributed by atoms with Gasteiger partial charge in [-0.05, 0) is 148 Å². The standard InChI is InChI=1S/C47H74F2N2O11.C2H7N.2H2O/c1-8-36-40(56)39(55)29(5)51(20-10-13-35(53)41(26(2)22-27(3)42(57)61-36)62-38-14-9-12-28(4)60-38)21-11-19-50-43(58)46(59)18-16-31-32-24-34(48)33-23-30(52)15-17-44(33,6)47(32,49)37(54)25-45(31,46)7;1-3-2;;/h15,17,23,26-29,31-32,34-41,53-56,59H,8-14,16,18-22,24-25H2,1-7H3,(H,50,58);3H,1-2H3;2*1H2/t26-,27+,28+,29+,31?,32?,34-,35+,36+,37-,38-,39+,40+,41?,44-,45-,46-,47-;;;/m0.../s1. The largest absolute Gasteiger partial charge is 0.459 e. The third kappa shape index (κ3) is 11.7. The van der Waals surface area contributed by atoms with Crippen molar-refractivity contribution < 1.29 is 73.9 Å². The van der Waals surface area contributed by atoms with Crippen molar-refractivity contribution >= 4 is 17.7 Å². The number of aliphatic hydroxyl groups excluding tert-OH is 4. The number of carbonyl (C=O) groups is 3. The third-order valence-corrected chi connectivity index (χ3v) is 16.3. The number of halogens is 2. The minimum atomic E-state index is -2.32. The fraction of sp³-hybridized carbons (Fsp3) is 0.857. The quantitative estimate of drug-likeness (QED) is 0.136. The van der Waals surface area contributed by atoms with Crippen LogP contribution in [0.15, 0.2) is 23.8 Å². The minimum absolute atomic E-state index is 0. The molecule has 0 radical (unpaired) electrons. The van der Waals surface area contributed by atoms with E-state index in [1.807, 2.05) is 32.8 Å². The van der Waals surface area contributed by atoms with Gasteiger partial charge >= 0.3 is 5.97 Å². The van der Waals surface area contributed by atoms with E-state index >= 15 is 8.78 Å². The smallest absolute Gasteiger partial charge is 0.309 e. The van der Waals surface area contributed by atoms with Crippen molar-refractivity contribution in [2.24, 2.45) is 34.5 Å². The van der Waals surface area contributed by atoms with Crippen LogP contribution in [0.3, 0.4) is 0 Å². The minimum Gasteiger partial charge on any atom is -0.459 e. The van der Waals surface area contributed by atoms with E-state index in [0.717, 1.165) is 18.9 Å². The van der Waals surface area contributed by atoms with Crippen LogP contribution in [-0.4, -0.2) is 165 Å². The summed E-state index contributed by atoms with van der Waals surface area (Å²) in [6.07, 6.45) is -1.05. The summed E-state index contributed by atoms with van der Waals surface area (Å²) in [5, 5.41) is 63.9. The van der Waals surface area contributed by atoms with Gasteiger partial charge in [-0.2, -0.15) is 0 Å². The van der Waals surface area contributed by atoms with E-state index < -0.39 is 113 Å². The lowest BCUT2D eigenvalue weighted by Crippen LogP contribution is -2.70. The number of ketones is 1. The first kappa shape index (κ1) is 58.8. The number of ether oxygens (including phenoxy) is 3. The molecule has 0 bridgehead atoms. The molecular weight excluding hydrogens is 877 g/mol. The molecular formula is C49H85F2N3O13. The highest BCUT2D eigenvalue weighted by Gasteiger charge is 2.75. The number of amides is 1. The van der Waals surface area contributed by atoms with Gasteiger partial charge in [0.2, 0.25) is 0 Å². The maximum Gasteiger partial charge on any atom is 0.309 e. The Morgan fingerprint density at radius 2 is 1.64 bits per heavy atom. The van der Waals surface area contributed by atoms with E-state index in [1.54, 1.807) is 27.7 Å². The second kappa shape index (κ2) is 24.1. The third-order valence-electron chi connectivity index (χ3n) is 16.3. The van der Waals surface area contributed by atoms with Crippen molar-refractivity contribution in [1.29, 1.82) is 0 Å². The molecule has 2 heterocycles. The Morgan fingerprint density at radius 1 is 0.970 bits per heavy atom. The number of fused-ring (bicyclic) bond motifs is 5. The second-order valence-corrected chi connectivity index (χ2v) is 20.7. The number of hydrogen-bond acceptors (Lipinski definition) is 13. The van der Waals surface area contributed by atoms with Crippen LogP contribution in [-0.2, 0) is 28.6 Å². The van der Waals surface area contributed by atoms with Crippen LogP contribution in [0, 0.1) is 34.5 Å². The number of carbonyl (C=O) groups excluding carboxylic acids is 3. The monoisotopic (exact) mass is 962 g/mol. The Labute approximate surface area is 396 Å². The lowest BCUT2D eigenvalue weighted by atomic mass is 9.44. The van der Waals surface area contributed by atoms with E-state index in [2.05, 4.69) is 10.6 Å². The van der Waals surface area contributed by atoms with Crippen LogP contribution in [0.5, 0.6) is 0 Å². The van der Waals surface area contributed by atoms with Gasteiger partial charge < -0.3 is 61.3 Å². The van der Waals surface area contributed by atoms with Crippen molar-refractivity contribution in [3.05, 3.63) is 23.8 Å². The van der Waals surface area contributed by atoms with Crippen LogP contribution in [0.2, 0.25) is 0 Å². The van der Waals surface area contributed by atoms with Gasteiger partial charge in [0.15, 0.2) is 17.7 Å². The summed E-state index contributed by atoms with van der Waals surface area (Å²) in [6.45, 7) is 13.3. The predicted molar refractivity (Wildman–Crippen MR) is 248 cm³/mol. The van der Waals surface area contributed by atoms with Gasteiger partial charge in [0.05, 0.1) is 36.4 Å². The molecule has 18 atom stereocenters. The molecule has 0 aromatic carbocycles. The number of aliphatic hydroxyl groups is 5.